The molecule has 1 aliphatic rings. The van der Waals surface area contributed by atoms with E-state index < -0.39 is 0 Å². The lowest BCUT2D eigenvalue weighted by atomic mass is 10.0. The summed E-state index contributed by atoms with van der Waals surface area (Å²) in [6.45, 7) is 3.67. The fraction of sp³-hybridized carbons (Fsp3) is 0.391. The van der Waals surface area contributed by atoms with Gasteiger partial charge in [-0.3, -0.25) is 9.69 Å². The molecule has 1 N–H and O–H groups in total. The molecule has 3 rings (SSSR count). The minimum atomic E-state index is -0.339. The Morgan fingerprint density at radius 2 is 1.67 bits per heavy atom. The molecule has 0 radical (unpaired) electrons. The highest BCUT2D eigenvalue weighted by Crippen LogP contribution is 2.17. The third-order valence-electron chi connectivity index (χ3n) is 5.47. The number of amides is 1. The molecule has 30 heavy (non-hydrogen) atoms. The van der Waals surface area contributed by atoms with Crippen LogP contribution in [-0.2, 0) is 16.0 Å². The normalized spacial score (nSPS) is 16.1. The Morgan fingerprint density at radius 3 is 2.27 bits per heavy atom. The second kappa shape index (κ2) is 10.9. The molecule has 0 aromatic heterocycles. The molecule has 1 heterocycles. The SMILES string of the molecule is COC(=O)c1ccc(CCC(C(=O)Nc2ccc(I)cc2)N2CCN(C)CC2)cc1. The van der Waals surface area contributed by atoms with E-state index in [-0.39, 0.29) is 17.9 Å². The van der Waals surface area contributed by atoms with Crippen LogP contribution < -0.4 is 5.32 Å². The summed E-state index contributed by atoms with van der Waals surface area (Å²) in [5.41, 5.74) is 2.46. The molecule has 160 valence electrons. The summed E-state index contributed by atoms with van der Waals surface area (Å²) in [6, 6.07) is 15.1. The van der Waals surface area contributed by atoms with Gasteiger partial charge >= 0.3 is 5.97 Å². The number of hydrogen-bond acceptors (Lipinski definition) is 5. The lowest BCUT2D eigenvalue weighted by Gasteiger charge is -2.37. The van der Waals surface area contributed by atoms with Gasteiger partial charge in [-0.25, -0.2) is 4.79 Å². The second-order valence-electron chi connectivity index (χ2n) is 7.58. The number of rotatable bonds is 7. The molecule has 2 aromatic carbocycles. The van der Waals surface area contributed by atoms with E-state index in [0.717, 1.165) is 53.8 Å². The summed E-state index contributed by atoms with van der Waals surface area (Å²) in [7, 11) is 3.49. The van der Waals surface area contributed by atoms with Crippen LogP contribution in [0.15, 0.2) is 48.5 Å². The van der Waals surface area contributed by atoms with Crippen LogP contribution in [0, 0.1) is 3.57 Å². The van der Waals surface area contributed by atoms with Crippen LogP contribution in [0.2, 0.25) is 0 Å². The van der Waals surface area contributed by atoms with Gasteiger partial charge in [-0.15, -0.1) is 0 Å². The standard InChI is InChI=1S/C23H28IN3O3/c1-26-13-15-27(16-14-26)21(22(28)25-20-10-8-19(24)9-11-20)12-5-17-3-6-18(7-4-17)23(29)30-2/h3-4,6-11,21H,5,12-16H2,1-2H3,(H,25,28). The number of carbonyl (C=O) groups excluding carboxylic acids is 2. The highest BCUT2D eigenvalue weighted by Gasteiger charge is 2.28. The molecule has 7 heteroatoms. The largest absolute Gasteiger partial charge is 0.465 e. The Balaban J connectivity index is 1.68. The van der Waals surface area contributed by atoms with Crippen molar-refractivity contribution >= 4 is 40.2 Å². The van der Waals surface area contributed by atoms with Crippen molar-refractivity contribution in [2.45, 2.75) is 18.9 Å². The van der Waals surface area contributed by atoms with Crippen LogP contribution in [-0.4, -0.2) is 68.1 Å². The third kappa shape index (κ3) is 6.26. The van der Waals surface area contributed by atoms with Crippen LogP contribution in [0.3, 0.4) is 0 Å². The maximum atomic E-state index is 13.2. The Bertz CT molecular complexity index is 847. The van der Waals surface area contributed by atoms with Crippen molar-refractivity contribution in [1.82, 2.24) is 9.80 Å². The average Bonchev–Trinajstić information content (AvgIpc) is 2.76. The Kier molecular flexibility index (Phi) is 8.24. The predicted molar refractivity (Wildman–Crippen MR) is 127 cm³/mol. The molecule has 0 bridgehead atoms. The molecule has 1 aliphatic heterocycles. The Morgan fingerprint density at radius 1 is 1.03 bits per heavy atom. The second-order valence-corrected chi connectivity index (χ2v) is 8.82. The number of methoxy groups -OCH3 is 1. The van der Waals surface area contributed by atoms with Gasteiger partial charge in [0.15, 0.2) is 0 Å². The number of nitrogens with one attached hydrogen (secondary N) is 1. The van der Waals surface area contributed by atoms with Gasteiger partial charge in [-0.05, 0) is 84.4 Å². The first kappa shape index (κ1) is 22.7. The van der Waals surface area contributed by atoms with Crippen molar-refractivity contribution < 1.29 is 14.3 Å². The monoisotopic (exact) mass is 521 g/mol. The lowest BCUT2D eigenvalue weighted by molar-refractivity contribution is -0.122. The number of nitrogens with zero attached hydrogens (tertiary/aromatic N) is 2. The van der Waals surface area contributed by atoms with Crippen molar-refractivity contribution in [3.63, 3.8) is 0 Å². The number of carbonyl (C=O) groups is 2. The molecule has 1 amide bonds. The number of piperazine rings is 1. The van der Waals surface area contributed by atoms with E-state index in [2.05, 4.69) is 44.8 Å². The quantitative estimate of drug-likeness (QED) is 0.448. The summed E-state index contributed by atoms with van der Waals surface area (Å²) in [5, 5.41) is 3.09. The molecule has 1 saturated heterocycles. The van der Waals surface area contributed by atoms with Crippen molar-refractivity contribution in [3.05, 3.63) is 63.2 Å². The Labute approximate surface area is 191 Å². The van der Waals surface area contributed by atoms with Gasteiger partial charge in [0.25, 0.3) is 0 Å². The van der Waals surface area contributed by atoms with E-state index >= 15 is 0 Å². The minimum absolute atomic E-state index is 0.0342. The number of ether oxygens (including phenoxy) is 1. The summed E-state index contributed by atoms with van der Waals surface area (Å²) in [6.07, 6.45) is 1.48. The smallest absolute Gasteiger partial charge is 0.337 e. The van der Waals surface area contributed by atoms with Crippen molar-refractivity contribution in [2.24, 2.45) is 0 Å². The molecular weight excluding hydrogens is 493 g/mol. The molecular formula is C23H28IN3O3. The van der Waals surface area contributed by atoms with Gasteiger partial charge in [0.05, 0.1) is 18.7 Å². The molecule has 2 aromatic rings. The number of likely N-dealkylation sites (N-methyl/N-ethyl adjacent to an activating group) is 1. The maximum absolute atomic E-state index is 13.2. The van der Waals surface area contributed by atoms with Gasteiger partial charge in [0.2, 0.25) is 5.91 Å². The molecule has 6 nitrogen and oxygen atoms in total. The molecule has 0 saturated carbocycles. The Hall–Kier alpha value is -1.97. The highest BCUT2D eigenvalue weighted by atomic mass is 127. The van der Waals surface area contributed by atoms with E-state index in [1.807, 2.05) is 36.4 Å². The van der Waals surface area contributed by atoms with Crippen molar-refractivity contribution in [2.75, 3.05) is 45.7 Å². The van der Waals surface area contributed by atoms with E-state index in [4.69, 9.17) is 4.74 Å². The van der Waals surface area contributed by atoms with Gasteiger partial charge in [0, 0.05) is 35.4 Å². The summed E-state index contributed by atoms with van der Waals surface area (Å²) < 4.78 is 5.89. The topological polar surface area (TPSA) is 61.9 Å². The van der Waals surface area contributed by atoms with E-state index in [0.29, 0.717) is 5.56 Å². The predicted octanol–water partition coefficient (Wildman–Crippen LogP) is 3.27. The molecule has 1 unspecified atom stereocenters. The van der Waals surface area contributed by atoms with Gasteiger partial charge in [-0.1, -0.05) is 12.1 Å². The first-order valence-corrected chi connectivity index (χ1v) is 11.2. The van der Waals surface area contributed by atoms with Crippen LogP contribution in [0.4, 0.5) is 5.69 Å². The van der Waals surface area contributed by atoms with E-state index in [1.165, 1.54) is 7.11 Å². The molecule has 0 spiro atoms. The zero-order chi connectivity index (χ0) is 21.5. The number of esters is 1. The fourth-order valence-corrected chi connectivity index (χ4v) is 3.96. The lowest BCUT2D eigenvalue weighted by Crippen LogP contribution is -2.53. The van der Waals surface area contributed by atoms with Gasteiger partial charge in [0.1, 0.15) is 0 Å². The number of aryl methyl sites for hydroxylation is 1. The highest BCUT2D eigenvalue weighted by molar-refractivity contribution is 14.1. The third-order valence-corrected chi connectivity index (χ3v) is 6.19. The molecule has 0 aliphatic carbocycles. The van der Waals surface area contributed by atoms with Crippen LogP contribution >= 0.6 is 22.6 Å². The zero-order valence-corrected chi connectivity index (χ0v) is 19.6. The first-order chi connectivity index (χ1) is 14.5. The minimum Gasteiger partial charge on any atom is -0.465 e. The van der Waals surface area contributed by atoms with Crippen molar-refractivity contribution in [3.8, 4) is 0 Å². The van der Waals surface area contributed by atoms with E-state index in [1.54, 1.807) is 12.1 Å². The van der Waals surface area contributed by atoms with Crippen LogP contribution in [0.5, 0.6) is 0 Å². The number of hydrogen-bond donors (Lipinski definition) is 1. The van der Waals surface area contributed by atoms with Gasteiger partial charge in [-0.2, -0.15) is 0 Å². The first-order valence-electron chi connectivity index (χ1n) is 10.1. The number of halogens is 1. The maximum Gasteiger partial charge on any atom is 0.337 e. The molecule has 1 fully saturated rings. The summed E-state index contributed by atoms with van der Waals surface area (Å²) >= 11 is 2.25. The van der Waals surface area contributed by atoms with Crippen molar-refractivity contribution in [1.29, 1.82) is 0 Å². The molecule has 1 atom stereocenters. The van der Waals surface area contributed by atoms with Crippen LogP contribution in [0.1, 0.15) is 22.3 Å². The summed E-state index contributed by atoms with van der Waals surface area (Å²) in [4.78, 5) is 29.3. The fourth-order valence-electron chi connectivity index (χ4n) is 3.60. The van der Waals surface area contributed by atoms with Crippen LogP contribution in [0.25, 0.3) is 0 Å². The van der Waals surface area contributed by atoms with Gasteiger partial charge < -0.3 is 15.0 Å². The number of benzene rings is 2. The zero-order valence-electron chi connectivity index (χ0n) is 17.4. The average molecular weight is 521 g/mol. The number of anilines is 1. The van der Waals surface area contributed by atoms with E-state index in [9.17, 15) is 9.59 Å². The summed E-state index contributed by atoms with van der Waals surface area (Å²) in [5.74, 6) is -0.305.